The first kappa shape index (κ1) is 15.5. The molecule has 0 heterocycles. The summed E-state index contributed by atoms with van der Waals surface area (Å²) < 4.78 is 5.12. The largest absolute Gasteiger partial charge is 0.497 e. The Hall–Kier alpha value is -1.51. The van der Waals surface area contributed by atoms with E-state index in [0.717, 1.165) is 31.4 Å². The first-order valence-electron chi connectivity index (χ1n) is 7.08. The van der Waals surface area contributed by atoms with Gasteiger partial charge in [-0.3, -0.25) is 4.79 Å². The highest BCUT2D eigenvalue weighted by molar-refractivity contribution is 5.76. The number of hydrogen-bond acceptors (Lipinski definition) is 2. The van der Waals surface area contributed by atoms with E-state index in [0.29, 0.717) is 6.42 Å². The number of ether oxygens (including phenoxy) is 1. The second kappa shape index (κ2) is 8.57. The van der Waals surface area contributed by atoms with Gasteiger partial charge in [0.05, 0.1) is 7.11 Å². The summed E-state index contributed by atoms with van der Waals surface area (Å²) in [5, 5.41) is 3.05. The summed E-state index contributed by atoms with van der Waals surface area (Å²) in [5.74, 6) is 1.02. The normalized spacial score (nSPS) is 11.9. The Labute approximate surface area is 116 Å². The Morgan fingerprint density at radius 1 is 1.26 bits per heavy atom. The zero-order valence-electron chi connectivity index (χ0n) is 12.2. The minimum absolute atomic E-state index is 0.162. The Kier molecular flexibility index (Phi) is 7.01. The SMILES string of the molecule is CCCCCC(=O)NC(C)Cc1ccc(OC)cc1. The van der Waals surface area contributed by atoms with Crippen molar-refractivity contribution in [3.05, 3.63) is 29.8 Å². The van der Waals surface area contributed by atoms with Crippen molar-refractivity contribution in [1.82, 2.24) is 5.32 Å². The van der Waals surface area contributed by atoms with Crippen LogP contribution < -0.4 is 10.1 Å². The van der Waals surface area contributed by atoms with Crippen LogP contribution in [0, 0.1) is 0 Å². The minimum atomic E-state index is 0.162. The lowest BCUT2D eigenvalue weighted by Crippen LogP contribution is -2.33. The van der Waals surface area contributed by atoms with Gasteiger partial charge in [-0.2, -0.15) is 0 Å². The maximum Gasteiger partial charge on any atom is 0.220 e. The second-order valence-corrected chi connectivity index (χ2v) is 4.98. The molecule has 1 aromatic carbocycles. The topological polar surface area (TPSA) is 38.3 Å². The Morgan fingerprint density at radius 2 is 1.95 bits per heavy atom. The van der Waals surface area contributed by atoms with Crippen LogP contribution in [0.25, 0.3) is 0 Å². The van der Waals surface area contributed by atoms with E-state index in [2.05, 4.69) is 12.2 Å². The van der Waals surface area contributed by atoms with E-state index in [4.69, 9.17) is 4.74 Å². The molecule has 1 aromatic rings. The van der Waals surface area contributed by atoms with E-state index >= 15 is 0 Å². The van der Waals surface area contributed by atoms with E-state index in [9.17, 15) is 4.79 Å². The first-order chi connectivity index (χ1) is 9.15. The molecule has 0 fully saturated rings. The molecule has 3 nitrogen and oxygen atoms in total. The molecule has 0 radical (unpaired) electrons. The monoisotopic (exact) mass is 263 g/mol. The van der Waals surface area contributed by atoms with Gasteiger partial charge in [-0.15, -0.1) is 0 Å². The fourth-order valence-electron chi connectivity index (χ4n) is 2.05. The zero-order valence-corrected chi connectivity index (χ0v) is 12.2. The number of amides is 1. The van der Waals surface area contributed by atoms with Crippen LogP contribution in [0.3, 0.4) is 0 Å². The number of nitrogens with one attached hydrogen (secondary N) is 1. The summed E-state index contributed by atoms with van der Waals surface area (Å²) >= 11 is 0. The smallest absolute Gasteiger partial charge is 0.220 e. The third-order valence-corrected chi connectivity index (χ3v) is 3.12. The van der Waals surface area contributed by atoms with Crippen molar-refractivity contribution < 1.29 is 9.53 Å². The molecule has 106 valence electrons. The maximum atomic E-state index is 11.7. The number of rotatable bonds is 8. The molecule has 0 spiro atoms. The van der Waals surface area contributed by atoms with Gasteiger partial charge in [0.25, 0.3) is 0 Å². The van der Waals surface area contributed by atoms with Gasteiger partial charge in [0, 0.05) is 12.5 Å². The molecular formula is C16H25NO2. The van der Waals surface area contributed by atoms with Crippen molar-refractivity contribution in [2.24, 2.45) is 0 Å². The molecule has 1 N–H and O–H groups in total. The first-order valence-corrected chi connectivity index (χ1v) is 7.08. The van der Waals surface area contributed by atoms with Gasteiger partial charge in [-0.25, -0.2) is 0 Å². The van der Waals surface area contributed by atoms with Gasteiger partial charge >= 0.3 is 0 Å². The molecule has 0 saturated heterocycles. The predicted octanol–water partition coefficient (Wildman–Crippen LogP) is 3.32. The summed E-state index contributed by atoms with van der Waals surface area (Å²) in [6, 6.07) is 8.15. The van der Waals surface area contributed by atoms with Crippen LogP contribution in [0.1, 0.15) is 45.1 Å². The van der Waals surface area contributed by atoms with Crippen LogP contribution in [0.4, 0.5) is 0 Å². The van der Waals surface area contributed by atoms with E-state index < -0.39 is 0 Å². The molecular weight excluding hydrogens is 238 g/mol. The van der Waals surface area contributed by atoms with Crippen LogP contribution in [0.2, 0.25) is 0 Å². The van der Waals surface area contributed by atoms with Crippen molar-refractivity contribution in [2.45, 2.75) is 52.0 Å². The molecule has 0 aliphatic rings. The Bertz CT molecular complexity index is 373. The second-order valence-electron chi connectivity index (χ2n) is 4.98. The highest BCUT2D eigenvalue weighted by Gasteiger charge is 2.07. The summed E-state index contributed by atoms with van der Waals surface area (Å²) in [7, 11) is 1.66. The van der Waals surface area contributed by atoms with Gasteiger partial charge in [0.2, 0.25) is 5.91 Å². The molecule has 19 heavy (non-hydrogen) atoms. The number of carbonyl (C=O) groups is 1. The summed E-state index contributed by atoms with van der Waals surface area (Å²) in [4.78, 5) is 11.7. The fraction of sp³-hybridized carbons (Fsp3) is 0.562. The zero-order chi connectivity index (χ0) is 14.1. The maximum absolute atomic E-state index is 11.7. The quantitative estimate of drug-likeness (QED) is 0.731. The molecule has 0 bridgehead atoms. The predicted molar refractivity (Wildman–Crippen MR) is 78.4 cm³/mol. The van der Waals surface area contributed by atoms with Crippen molar-refractivity contribution in [2.75, 3.05) is 7.11 Å². The van der Waals surface area contributed by atoms with E-state index in [1.54, 1.807) is 7.11 Å². The Morgan fingerprint density at radius 3 is 2.53 bits per heavy atom. The van der Waals surface area contributed by atoms with Crippen molar-refractivity contribution >= 4 is 5.91 Å². The lowest BCUT2D eigenvalue weighted by Gasteiger charge is -2.14. The number of hydrogen-bond donors (Lipinski definition) is 1. The fourth-order valence-corrected chi connectivity index (χ4v) is 2.05. The highest BCUT2D eigenvalue weighted by atomic mass is 16.5. The third kappa shape index (κ3) is 6.27. The van der Waals surface area contributed by atoms with Crippen LogP contribution in [-0.4, -0.2) is 19.1 Å². The van der Waals surface area contributed by atoms with Crippen molar-refractivity contribution in [3.63, 3.8) is 0 Å². The van der Waals surface area contributed by atoms with Gasteiger partial charge in [0.1, 0.15) is 5.75 Å². The van der Waals surface area contributed by atoms with E-state index in [1.807, 2.05) is 31.2 Å². The molecule has 0 aliphatic carbocycles. The van der Waals surface area contributed by atoms with Gasteiger partial charge < -0.3 is 10.1 Å². The average Bonchev–Trinajstić information content (AvgIpc) is 2.39. The van der Waals surface area contributed by atoms with E-state index in [-0.39, 0.29) is 11.9 Å². The lowest BCUT2D eigenvalue weighted by atomic mass is 10.1. The third-order valence-electron chi connectivity index (χ3n) is 3.12. The van der Waals surface area contributed by atoms with Crippen LogP contribution >= 0.6 is 0 Å². The van der Waals surface area contributed by atoms with Crippen LogP contribution in [0.15, 0.2) is 24.3 Å². The molecule has 1 rings (SSSR count). The molecule has 3 heteroatoms. The van der Waals surface area contributed by atoms with E-state index in [1.165, 1.54) is 5.56 Å². The van der Waals surface area contributed by atoms with Crippen molar-refractivity contribution in [3.8, 4) is 5.75 Å². The average molecular weight is 263 g/mol. The lowest BCUT2D eigenvalue weighted by molar-refractivity contribution is -0.121. The number of carbonyl (C=O) groups excluding carboxylic acids is 1. The van der Waals surface area contributed by atoms with Crippen LogP contribution in [-0.2, 0) is 11.2 Å². The molecule has 0 aliphatic heterocycles. The molecule has 0 saturated carbocycles. The number of unbranched alkanes of at least 4 members (excludes halogenated alkanes) is 2. The minimum Gasteiger partial charge on any atom is -0.497 e. The number of benzene rings is 1. The number of methoxy groups -OCH3 is 1. The summed E-state index contributed by atoms with van der Waals surface area (Å²) in [6.07, 6.45) is 4.75. The molecule has 0 aromatic heterocycles. The van der Waals surface area contributed by atoms with Crippen molar-refractivity contribution in [1.29, 1.82) is 0 Å². The summed E-state index contributed by atoms with van der Waals surface area (Å²) in [6.45, 7) is 4.19. The van der Waals surface area contributed by atoms with Gasteiger partial charge in [0.15, 0.2) is 0 Å². The van der Waals surface area contributed by atoms with Gasteiger partial charge in [-0.1, -0.05) is 31.9 Å². The Balaban J connectivity index is 2.33. The molecule has 1 amide bonds. The summed E-state index contributed by atoms with van der Waals surface area (Å²) in [5.41, 5.74) is 1.21. The molecule has 1 unspecified atom stereocenters. The molecule has 1 atom stereocenters. The highest BCUT2D eigenvalue weighted by Crippen LogP contribution is 2.12. The van der Waals surface area contributed by atoms with Crippen LogP contribution in [0.5, 0.6) is 5.75 Å². The van der Waals surface area contributed by atoms with Gasteiger partial charge in [-0.05, 0) is 37.5 Å². The standard InChI is InChI=1S/C16H25NO2/c1-4-5-6-7-16(18)17-13(2)12-14-8-10-15(19-3)11-9-14/h8-11,13H,4-7,12H2,1-3H3,(H,17,18).